The molecule has 26 heavy (non-hydrogen) atoms. The Hall–Kier alpha value is -0.826. The van der Waals surface area contributed by atoms with E-state index in [-0.39, 0.29) is 5.04 Å². The molecule has 0 aromatic rings. The summed E-state index contributed by atoms with van der Waals surface area (Å²) in [5.41, 5.74) is 3.49. The third-order valence-corrected chi connectivity index (χ3v) is 14.7. The van der Waals surface area contributed by atoms with Crippen LogP contribution in [-0.2, 0) is 4.43 Å². The summed E-state index contributed by atoms with van der Waals surface area (Å²) in [5.74, 6) is 3.65. The Morgan fingerprint density at radius 1 is 0.846 bits per heavy atom. The van der Waals surface area contributed by atoms with Crippen LogP contribution in [0.15, 0.2) is 36.5 Å². The van der Waals surface area contributed by atoms with Gasteiger partial charge in [0.05, 0.1) is 0 Å². The molecule has 0 rings (SSSR count). The third-order valence-electron chi connectivity index (χ3n) is 5.73. The highest BCUT2D eigenvalue weighted by atomic mass is 28.4. The Labute approximate surface area is 166 Å². The molecule has 0 aliphatic heterocycles. The summed E-state index contributed by atoms with van der Waals surface area (Å²) < 4.78 is 6.26. The summed E-state index contributed by atoms with van der Waals surface area (Å²) in [6.45, 7) is 26.0. The second-order valence-corrected chi connectivity index (χ2v) is 20.1. The first-order chi connectivity index (χ1) is 11.6. The van der Waals surface area contributed by atoms with E-state index in [4.69, 9.17) is 4.43 Å². The Morgan fingerprint density at radius 3 is 1.88 bits per heavy atom. The molecular weight excluding hydrogens is 348 g/mol. The molecule has 0 fully saturated rings. The minimum absolute atomic E-state index is 0.270. The van der Waals surface area contributed by atoms with Crippen LogP contribution in [0.25, 0.3) is 0 Å². The van der Waals surface area contributed by atoms with Crippen LogP contribution in [0.5, 0.6) is 0 Å². The molecule has 3 heteroatoms. The Balaban J connectivity index is 4.43. The first-order valence-electron chi connectivity index (χ1n) is 9.77. The largest absolute Gasteiger partial charge is 0.416 e. The average molecular weight is 391 g/mol. The molecule has 0 saturated heterocycles. The first-order valence-corrected chi connectivity index (χ1v) is 15.7. The van der Waals surface area contributed by atoms with Crippen molar-refractivity contribution >= 4 is 16.4 Å². The van der Waals surface area contributed by atoms with Gasteiger partial charge in [0.25, 0.3) is 0 Å². The van der Waals surface area contributed by atoms with Gasteiger partial charge in [0.1, 0.15) is 8.07 Å². The zero-order valence-corrected chi connectivity index (χ0v) is 21.2. The van der Waals surface area contributed by atoms with Crippen LogP contribution in [0.1, 0.15) is 48.5 Å². The predicted molar refractivity (Wildman–Crippen MR) is 125 cm³/mol. The van der Waals surface area contributed by atoms with Gasteiger partial charge < -0.3 is 4.43 Å². The van der Waals surface area contributed by atoms with Crippen LogP contribution in [0.4, 0.5) is 0 Å². The van der Waals surface area contributed by atoms with Gasteiger partial charge in [0.2, 0.25) is 0 Å². The van der Waals surface area contributed by atoms with Crippen LogP contribution < -0.4 is 0 Å². The second-order valence-electron chi connectivity index (χ2n) is 10.3. The van der Waals surface area contributed by atoms with Crippen molar-refractivity contribution in [3.63, 3.8) is 0 Å². The maximum Gasteiger partial charge on any atom is 0.192 e. The summed E-state index contributed by atoms with van der Waals surface area (Å²) in [5, 5.41) is 0.585. The Bertz CT molecular complexity index is 570. The maximum absolute atomic E-state index is 6.26. The standard InChI is InChI=1S/C23H42OSi2/c1-21(20-24-26(10,11)23(5,6)7)18-16-14-12-13-15-17-19-25(8,9)22(2,3)4/h12-16,18,21H,20H2,1-11H3/b14-12+,15-13+,18-16+/t21-/m0/s1. The van der Waals surface area contributed by atoms with E-state index < -0.39 is 16.4 Å². The van der Waals surface area contributed by atoms with Crippen LogP contribution in [0, 0.1) is 17.4 Å². The van der Waals surface area contributed by atoms with Crippen LogP contribution >= 0.6 is 0 Å². The monoisotopic (exact) mass is 390 g/mol. The smallest absolute Gasteiger partial charge is 0.192 e. The molecule has 0 aromatic heterocycles. The zero-order chi connectivity index (χ0) is 20.6. The molecule has 0 bridgehead atoms. The van der Waals surface area contributed by atoms with Gasteiger partial charge in [-0.3, -0.25) is 0 Å². The summed E-state index contributed by atoms with van der Waals surface area (Å²) in [6, 6.07) is 0. The fourth-order valence-electron chi connectivity index (χ4n) is 1.51. The molecule has 0 N–H and O–H groups in total. The molecule has 148 valence electrons. The molecule has 0 aliphatic carbocycles. The van der Waals surface area contributed by atoms with Crippen molar-refractivity contribution in [2.45, 2.75) is 84.7 Å². The molecule has 1 nitrogen and oxygen atoms in total. The lowest BCUT2D eigenvalue weighted by atomic mass is 10.2. The lowest BCUT2D eigenvalue weighted by Crippen LogP contribution is -2.41. The summed E-state index contributed by atoms with van der Waals surface area (Å²) in [4.78, 5) is 0. The highest BCUT2D eigenvalue weighted by Gasteiger charge is 2.37. The molecule has 0 spiro atoms. The molecule has 0 aromatic carbocycles. The number of rotatable bonds is 6. The summed E-state index contributed by atoms with van der Waals surface area (Å²) in [7, 11) is -3.14. The minimum Gasteiger partial charge on any atom is -0.416 e. The summed E-state index contributed by atoms with van der Waals surface area (Å²) >= 11 is 0. The second kappa shape index (κ2) is 9.92. The highest BCUT2D eigenvalue weighted by molar-refractivity contribution is 6.87. The van der Waals surface area contributed by atoms with Gasteiger partial charge >= 0.3 is 0 Å². The van der Waals surface area contributed by atoms with Crippen molar-refractivity contribution in [1.82, 2.24) is 0 Å². The van der Waals surface area contributed by atoms with Crippen LogP contribution in [0.2, 0.25) is 36.3 Å². The summed E-state index contributed by atoms with van der Waals surface area (Å²) in [6.07, 6.45) is 12.4. The lowest BCUT2D eigenvalue weighted by molar-refractivity contribution is 0.259. The van der Waals surface area contributed by atoms with E-state index in [0.717, 1.165) is 6.61 Å². The molecule has 0 radical (unpaired) electrons. The van der Waals surface area contributed by atoms with Gasteiger partial charge in [-0.1, -0.05) is 97.9 Å². The molecular formula is C23H42OSi2. The van der Waals surface area contributed by atoms with E-state index in [1.54, 1.807) is 0 Å². The van der Waals surface area contributed by atoms with Crippen molar-refractivity contribution in [2.24, 2.45) is 5.92 Å². The van der Waals surface area contributed by atoms with Crippen LogP contribution in [-0.4, -0.2) is 23.0 Å². The van der Waals surface area contributed by atoms with Crippen molar-refractivity contribution in [1.29, 1.82) is 0 Å². The van der Waals surface area contributed by atoms with E-state index >= 15 is 0 Å². The maximum atomic E-state index is 6.26. The number of hydrogen-bond acceptors (Lipinski definition) is 1. The van der Waals surface area contributed by atoms with Crippen molar-refractivity contribution < 1.29 is 4.43 Å². The van der Waals surface area contributed by atoms with E-state index in [0.29, 0.717) is 11.0 Å². The van der Waals surface area contributed by atoms with Crippen molar-refractivity contribution in [2.75, 3.05) is 6.61 Å². The quantitative estimate of drug-likeness (QED) is 0.261. The molecule has 0 saturated carbocycles. The number of hydrogen-bond donors (Lipinski definition) is 0. The molecule has 0 aliphatic rings. The Morgan fingerprint density at radius 2 is 1.38 bits per heavy atom. The van der Waals surface area contributed by atoms with Gasteiger partial charge in [-0.25, -0.2) is 0 Å². The van der Waals surface area contributed by atoms with E-state index in [1.807, 2.05) is 18.2 Å². The van der Waals surface area contributed by atoms with Gasteiger partial charge in [0, 0.05) is 6.61 Å². The molecule has 0 heterocycles. The fraction of sp³-hybridized carbons (Fsp3) is 0.652. The first kappa shape index (κ1) is 25.2. The molecule has 0 unspecified atom stereocenters. The van der Waals surface area contributed by atoms with Gasteiger partial charge in [-0.05, 0) is 35.2 Å². The van der Waals surface area contributed by atoms with E-state index in [1.165, 1.54) is 0 Å². The molecule has 1 atom stereocenters. The zero-order valence-electron chi connectivity index (χ0n) is 19.2. The van der Waals surface area contributed by atoms with Crippen molar-refractivity contribution in [3.8, 4) is 11.5 Å². The number of allylic oxidation sites excluding steroid dienone is 5. The Kier molecular flexibility index (Phi) is 9.61. The topological polar surface area (TPSA) is 9.23 Å². The molecule has 0 amide bonds. The van der Waals surface area contributed by atoms with E-state index in [9.17, 15) is 0 Å². The van der Waals surface area contributed by atoms with Crippen molar-refractivity contribution in [3.05, 3.63) is 36.5 Å². The average Bonchev–Trinajstić information content (AvgIpc) is 2.45. The lowest BCUT2D eigenvalue weighted by Gasteiger charge is -2.36. The minimum atomic E-state index is -1.64. The SMILES string of the molecule is C[C@@H](/C=C/C=C/C=C/C#C[Si](C)(C)C(C)(C)C)CO[Si](C)(C)C(C)(C)C. The van der Waals surface area contributed by atoms with Gasteiger partial charge in [-0.15, -0.1) is 5.54 Å². The van der Waals surface area contributed by atoms with Gasteiger partial charge in [0.15, 0.2) is 8.32 Å². The highest BCUT2D eigenvalue weighted by Crippen LogP contribution is 2.37. The normalized spacial score (nSPS) is 15.7. The fourth-order valence-corrected chi connectivity index (χ4v) is 3.44. The van der Waals surface area contributed by atoms with Crippen LogP contribution in [0.3, 0.4) is 0 Å². The predicted octanol–water partition coefficient (Wildman–Crippen LogP) is 7.36. The third kappa shape index (κ3) is 9.21. The van der Waals surface area contributed by atoms with Gasteiger partial charge in [-0.2, -0.15) is 0 Å². The van der Waals surface area contributed by atoms with E-state index in [2.05, 4.69) is 104 Å².